The Labute approximate surface area is 102 Å². The van der Waals surface area contributed by atoms with Crippen molar-refractivity contribution < 1.29 is 0 Å². The van der Waals surface area contributed by atoms with E-state index < -0.39 is 0 Å². The Morgan fingerprint density at radius 2 is 2.35 bits per heavy atom. The van der Waals surface area contributed by atoms with Gasteiger partial charge in [0, 0.05) is 13.1 Å². The molecule has 7 heteroatoms. The highest BCUT2D eigenvalue weighted by Crippen LogP contribution is 2.20. The molecule has 1 aliphatic rings. The molecule has 0 bridgehead atoms. The number of hydrogen-bond donors (Lipinski definition) is 1. The summed E-state index contributed by atoms with van der Waals surface area (Å²) < 4.78 is 1.27. The molecule has 1 atom stereocenters. The number of aromatic nitrogens is 4. The van der Waals surface area contributed by atoms with E-state index in [9.17, 15) is 4.79 Å². The van der Waals surface area contributed by atoms with Crippen molar-refractivity contribution in [1.29, 1.82) is 0 Å². The topological polar surface area (TPSA) is 66.3 Å². The predicted octanol–water partition coefficient (Wildman–Crippen LogP) is 0.625. The lowest BCUT2D eigenvalue weighted by atomic mass is 10.1. The maximum Gasteiger partial charge on any atom is 0.364 e. The second kappa shape index (κ2) is 4.03. The molecule has 0 spiro atoms. The predicted molar refractivity (Wildman–Crippen MR) is 64.7 cm³/mol. The molecular formula is C10H12ClN5O. The van der Waals surface area contributed by atoms with E-state index in [0.29, 0.717) is 5.65 Å². The van der Waals surface area contributed by atoms with Gasteiger partial charge < -0.3 is 4.90 Å². The van der Waals surface area contributed by atoms with Crippen LogP contribution in [0.2, 0.25) is 0 Å². The second-order valence-electron chi connectivity index (χ2n) is 4.18. The highest BCUT2D eigenvalue weighted by molar-refractivity contribution is 6.21. The smallest absolute Gasteiger partial charge is 0.354 e. The van der Waals surface area contributed by atoms with E-state index in [0.717, 1.165) is 31.7 Å². The van der Waals surface area contributed by atoms with Gasteiger partial charge in [-0.3, -0.25) is 0 Å². The van der Waals surface area contributed by atoms with Crippen molar-refractivity contribution in [2.45, 2.75) is 18.2 Å². The molecule has 17 heavy (non-hydrogen) atoms. The fourth-order valence-corrected chi connectivity index (χ4v) is 2.42. The maximum absolute atomic E-state index is 11.4. The van der Waals surface area contributed by atoms with Crippen LogP contribution in [0.4, 0.5) is 5.82 Å². The molecule has 3 heterocycles. The van der Waals surface area contributed by atoms with E-state index in [-0.39, 0.29) is 11.1 Å². The van der Waals surface area contributed by atoms with Crippen LogP contribution in [0.25, 0.3) is 5.65 Å². The second-order valence-corrected chi connectivity index (χ2v) is 4.79. The summed E-state index contributed by atoms with van der Waals surface area (Å²) in [5.74, 6) is 0.770. The molecule has 1 saturated heterocycles. The minimum absolute atomic E-state index is 0.155. The van der Waals surface area contributed by atoms with Gasteiger partial charge in [-0.2, -0.15) is 9.61 Å². The van der Waals surface area contributed by atoms with Gasteiger partial charge in [-0.1, -0.05) is 0 Å². The molecule has 1 unspecified atom stereocenters. The summed E-state index contributed by atoms with van der Waals surface area (Å²) in [5.41, 5.74) is 0.208. The van der Waals surface area contributed by atoms with Crippen LogP contribution in [0.3, 0.4) is 0 Å². The lowest BCUT2D eigenvalue weighted by molar-refractivity contribution is 0.576. The molecule has 1 N–H and O–H groups in total. The van der Waals surface area contributed by atoms with Crippen molar-refractivity contribution in [3.8, 4) is 0 Å². The molecule has 0 radical (unpaired) electrons. The Kier molecular flexibility index (Phi) is 2.51. The average Bonchev–Trinajstić information content (AvgIpc) is 2.71. The SMILES string of the molecule is O=c1[nH]nc2ccc(N3CCCC(Cl)C3)nn12. The van der Waals surface area contributed by atoms with Crippen LogP contribution in [0.1, 0.15) is 12.8 Å². The van der Waals surface area contributed by atoms with Crippen molar-refractivity contribution in [3.63, 3.8) is 0 Å². The van der Waals surface area contributed by atoms with Crippen LogP contribution in [-0.2, 0) is 0 Å². The normalized spacial score (nSPS) is 21.0. The zero-order valence-corrected chi connectivity index (χ0v) is 9.89. The zero-order valence-electron chi connectivity index (χ0n) is 9.14. The van der Waals surface area contributed by atoms with E-state index in [1.54, 1.807) is 6.07 Å². The number of hydrogen-bond acceptors (Lipinski definition) is 4. The maximum atomic E-state index is 11.4. The first-order valence-corrected chi connectivity index (χ1v) is 6.01. The Hall–Kier alpha value is -1.56. The van der Waals surface area contributed by atoms with Crippen LogP contribution in [0.5, 0.6) is 0 Å². The van der Waals surface area contributed by atoms with Crippen LogP contribution in [0, 0.1) is 0 Å². The van der Waals surface area contributed by atoms with Gasteiger partial charge in [0.2, 0.25) is 0 Å². The van der Waals surface area contributed by atoms with E-state index in [2.05, 4.69) is 20.2 Å². The zero-order chi connectivity index (χ0) is 11.8. The van der Waals surface area contributed by atoms with Gasteiger partial charge in [-0.15, -0.1) is 16.7 Å². The molecule has 6 nitrogen and oxygen atoms in total. The number of piperidine rings is 1. The third-order valence-corrected chi connectivity index (χ3v) is 3.30. The molecule has 1 fully saturated rings. The van der Waals surface area contributed by atoms with Crippen molar-refractivity contribution in [3.05, 3.63) is 22.6 Å². The summed E-state index contributed by atoms with van der Waals surface area (Å²) in [6.45, 7) is 1.70. The first-order chi connectivity index (χ1) is 8.24. The molecule has 2 aromatic heterocycles. The average molecular weight is 254 g/mol. The summed E-state index contributed by atoms with van der Waals surface area (Å²) >= 11 is 6.13. The standard InChI is InChI=1S/C10H12ClN5O/c11-7-2-1-5-15(6-7)9-4-3-8-12-13-10(17)16(8)14-9/h3-4,7H,1-2,5-6H2,(H,13,17). The van der Waals surface area contributed by atoms with Crippen LogP contribution >= 0.6 is 11.6 Å². The van der Waals surface area contributed by atoms with Gasteiger partial charge in [0.25, 0.3) is 0 Å². The largest absolute Gasteiger partial charge is 0.364 e. The third kappa shape index (κ3) is 1.88. The number of nitrogens with one attached hydrogen (secondary N) is 1. The number of alkyl halides is 1. The molecule has 0 amide bonds. The van der Waals surface area contributed by atoms with Crippen molar-refractivity contribution in [2.24, 2.45) is 0 Å². The summed E-state index contributed by atoms with van der Waals surface area (Å²) in [6, 6.07) is 3.64. The molecule has 3 rings (SSSR count). The number of anilines is 1. The number of rotatable bonds is 1. The van der Waals surface area contributed by atoms with Gasteiger partial charge >= 0.3 is 5.69 Å². The third-order valence-electron chi connectivity index (χ3n) is 2.95. The monoisotopic (exact) mass is 253 g/mol. The molecule has 0 aliphatic carbocycles. The van der Waals surface area contributed by atoms with Crippen LogP contribution < -0.4 is 10.6 Å². The summed E-state index contributed by atoms with van der Waals surface area (Å²) in [7, 11) is 0. The minimum atomic E-state index is -0.318. The Balaban J connectivity index is 1.99. The van der Waals surface area contributed by atoms with Gasteiger partial charge in [-0.25, -0.2) is 9.89 Å². The fraction of sp³-hybridized carbons (Fsp3) is 0.500. The highest BCUT2D eigenvalue weighted by Gasteiger charge is 2.19. The van der Waals surface area contributed by atoms with Crippen molar-refractivity contribution in [2.75, 3.05) is 18.0 Å². The lowest BCUT2D eigenvalue weighted by Gasteiger charge is -2.30. The molecular weight excluding hydrogens is 242 g/mol. The summed E-state index contributed by atoms with van der Waals surface area (Å²) in [4.78, 5) is 13.5. The number of aromatic amines is 1. The highest BCUT2D eigenvalue weighted by atomic mass is 35.5. The van der Waals surface area contributed by atoms with E-state index in [1.807, 2.05) is 6.07 Å². The molecule has 1 aliphatic heterocycles. The molecule has 90 valence electrons. The summed E-state index contributed by atoms with van der Waals surface area (Å²) in [6.07, 6.45) is 2.08. The number of nitrogens with zero attached hydrogens (tertiary/aromatic N) is 4. The Morgan fingerprint density at radius 3 is 3.18 bits per heavy atom. The molecule has 0 saturated carbocycles. The molecule has 2 aromatic rings. The molecule has 0 aromatic carbocycles. The van der Waals surface area contributed by atoms with E-state index >= 15 is 0 Å². The van der Waals surface area contributed by atoms with Crippen LogP contribution in [0.15, 0.2) is 16.9 Å². The lowest BCUT2D eigenvalue weighted by Crippen LogP contribution is -2.37. The van der Waals surface area contributed by atoms with E-state index in [4.69, 9.17) is 11.6 Å². The van der Waals surface area contributed by atoms with Crippen LogP contribution in [-0.4, -0.2) is 38.3 Å². The Morgan fingerprint density at radius 1 is 1.47 bits per heavy atom. The summed E-state index contributed by atoms with van der Waals surface area (Å²) in [5, 5.41) is 10.6. The number of halogens is 1. The first kappa shape index (κ1) is 10.6. The number of H-pyrrole nitrogens is 1. The van der Waals surface area contributed by atoms with Gasteiger partial charge in [0.15, 0.2) is 5.65 Å². The van der Waals surface area contributed by atoms with Gasteiger partial charge in [0.05, 0.1) is 5.38 Å². The number of fused-ring (bicyclic) bond motifs is 1. The first-order valence-electron chi connectivity index (χ1n) is 5.57. The minimum Gasteiger partial charge on any atom is -0.354 e. The van der Waals surface area contributed by atoms with E-state index in [1.165, 1.54) is 4.52 Å². The fourth-order valence-electron chi connectivity index (χ4n) is 2.10. The quantitative estimate of drug-likeness (QED) is 0.757. The Bertz CT molecular complexity index is 592. The van der Waals surface area contributed by atoms with Crippen molar-refractivity contribution in [1.82, 2.24) is 19.8 Å². The van der Waals surface area contributed by atoms with Gasteiger partial charge in [0.1, 0.15) is 5.82 Å². The van der Waals surface area contributed by atoms with Gasteiger partial charge in [-0.05, 0) is 25.0 Å². The van der Waals surface area contributed by atoms with Crippen molar-refractivity contribution >= 4 is 23.1 Å².